The SMILES string of the molecule is O=C(CSc1nnc(SCc2ccc(Cl)cc2)s1)N/N=C/c1cc([N+](=O)[O-])ccc1Cl. The molecule has 0 aliphatic carbocycles. The maximum atomic E-state index is 12.0. The number of hydrazone groups is 1. The number of non-ortho nitro benzene ring substituents is 1. The van der Waals surface area contributed by atoms with Crippen LogP contribution in [0.2, 0.25) is 10.0 Å². The average Bonchev–Trinajstić information content (AvgIpc) is 3.21. The lowest BCUT2D eigenvalue weighted by atomic mass is 10.2. The van der Waals surface area contributed by atoms with Gasteiger partial charge in [-0.2, -0.15) is 5.10 Å². The predicted molar refractivity (Wildman–Crippen MR) is 125 cm³/mol. The number of amides is 1. The van der Waals surface area contributed by atoms with Crippen molar-refractivity contribution in [3.8, 4) is 0 Å². The summed E-state index contributed by atoms with van der Waals surface area (Å²) in [6, 6.07) is 11.6. The summed E-state index contributed by atoms with van der Waals surface area (Å²) in [5.41, 5.74) is 3.69. The molecule has 0 saturated carbocycles. The third-order valence-electron chi connectivity index (χ3n) is 3.57. The number of rotatable bonds is 9. The first-order valence-corrected chi connectivity index (χ1v) is 12.0. The minimum absolute atomic E-state index is 0.0937. The quantitative estimate of drug-likeness (QED) is 0.179. The van der Waals surface area contributed by atoms with Gasteiger partial charge in [0.05, 0.1) is 16.9 Å². The van der Waals surface area contributed by atoms with E-state index in [2.05, 4.69) is 20.7 Å². The predicted octanol–water partition coefficient (Wildman–Crippen LogP) is 5.29. The van der Waals surface area contributed by atoms with Crippen molar-refractivity contribution in [3.05, 3.63) is 73.8 Å². The van der Waals surface area contributed by atoms with E-state index in [1.165, 1.54) is 47.5 Å². The summed E-state index contributed by atoms with van der Waals surface area (Å²) in [7, 11) is 0. The molecule has 1 N–H and O–H groups in total. The third-order valence-corrected chi connectivity index (χ3v) is 7.43. The minimum atomic E-state index is -0.535. The lowest BCUT2D eigenvalue weighted by Gasteiger charge is -1.99. The van der Waals surface area contributed by atoms with Gasteiger partial charge in [-0.05, 0) is 23.8 Å². The number of hydrogen-bond acceptors (Lipinski definition) is 9. The summed E-state index contributed by atoms with van der Waals surface area (Å²) < 4.78 is 1.47. The van der Waals surface area contributed by atoms with Gasteiger partial charge < -0.3 is 0 Å². The number of nitrogens with one attached hydrogen (secondary N) is 1. The van der Waals surface area contributed by atoms with Gasteiger partial charge in [0.25, 0.3) is 11.6 Å². The summed E-state index contributed by atoms with van der Waals surface area (Å²) in [5.74, 6) is 0.482. The molecule has 160 valence electrons. The number of carbonyl (C=O) groups excluding carboxylic acids is 1. The van der Waals surface area contributed by atoms with E-state index in [1.54, 1.807) is 11.8 Å². The van der Waals surface area contributed by atoms with E-state index in [0.29, 0.717) is 14.9 Å². The number of halogens is 2. The van der Waals surface area contributed by atoms with Gasteiger partial charge in [0.15, 0.2) is 8.68 Å². The van der Waals surface area contributed by atoms with E-state index in [1.807, 2.05) is 24.3 Å². The lowest BCUT2D eigenvalue weighted by Crippen LogP contribution is -2.19. The molecule has 1 heterocycles. The van der Waals surface area contributed by atoms with E-state index in [0.717, 1.165) is 15.7 Å². The normalized spacial score (nSPS) is 11.0. The van der Waals surface area contributed by atoms with Crippen LogP contribution in [0.3, 0.4) is 0 Å². The number of hydrogen-bond donors (Lipinski definition) is 1. The molecule has 0 bridgehead atoms. The largest absolute Gasteiger partial charge is 0.272 e. The first-order chi connectivity index (χ1) is 14.9. The Morgan fingerprint density at radius 1 is 1.16 bits per heavy atom. The van der Waals surface area contributed by atoms with Gasteiger partial charge in [0.1, 0.15) is 0 Å². The third kappa shape index (κ3) is 7.47. The molecule has 13 heteroatoms. The molecule has 0 radical (unpaired) electrons. The smallest absolute Gasteiger partial charge is 0.270 e. The zero-order valence-electron chi connectivity index (χ0n) is 15.5. The zero-order valence-corrected chi connectivity index (χ0v) is 19.5. The van der Waals surface area contributed by atoms with E-state index in [4.69, 9.17) is 23.2 Å². The van der Waals surface area contributed by atoms with Crippen molar-refractivity contribution in [1.29, 1.82) is 0 Å². The lowest BCUT2D eigenvalue weighted by molar-refractivity contribution is -0.384. The van der Waals surface area contributed by atoms with Crippen LogP contribution in [0.5, 0.6) is 0 Å². The molecule has 0 spiro atoms. The molecule has 1 aromatic heterocycles. The Labute approximate surface area is 199 Å². The highest BCUT2D eigenvalue weighted by atomic mass is 35.5. The van der Waals surface area contributed by atoms with Gasteiger partial charge in [-0.15, -0.1) is 10.2 Å². The van der Waals surface area contributed by atoms with Crippen molar-refractivity contribution in [3.63, 3.8) is 0 Å². The average molecular weight is 514 g/mol. The number of nitro groups is 1. The summed E-state index contributed by atoms with van der Waals surface area (Å²) in [6.07, 6.45) is 1.26. The van der Waals surface area contributed by atoms with Crippen molar-refractivity contribution in [2.45, 2.75) is 14.4 Å². The molecule has 3 rings (SSSR count). The highest BCUT2D eigenvalue weighted by molar-refractivity contribution is 8.03. The second kappa shape index (κ2) is 11.4. The summed E-state index contributed by atoms with van der Waals surface area (Å²) >= 11 is 16.1. The molecule has 1 amide bonds. The fourth-order valence-electron chi connectivity index (χ4n) is 2.12. The zero-order chi connectivity index (χ0) is 22.2. The first kappa shape index (κ1) is 23.5. The Morgan fingerprint density at radius 3 is 2.58 bits per heavy atom. The molecular formula is C18H13Cl2N5O3S3. The van der Waals surface area contributed by atoms with Crippen molar-refractivity contribution in [1.82, 2.24) is 15.6 Å². The molecule has 31 heavy (non-hydrogen) atoms. The van der Waals surface area contributed by atoms with Crippen LogP contribution >= 0.6 is 58.1 Å². The highest BCUT2D eigenvalue weighted by Gasteiger charge is 2.10. The highest BCUT2D eigenvalue weighted by Crippen LogP contribution is 2.30. The van der Waals surface area contributed by atoms with Crippen LogP contribution in [0.15, 0.2) is 56.2 Å². The fourth-order valence-corrected chi connectivity index (χ4v) is 5.18. The van der Waals surface area contributed by atoms with Gasteiger partial charge in [-0.3, -0.25) is 14.9 Å². The molecule has 8 nitrogen and oxygen atoms in total. The molecular weight excluding hydrogens is 501 g/mol. The van der Waals surface area contributed by atoms with Gasteiger partial charge in [0.2, 0.25) is 0 Å². The van der Waals surface area contributed by atoms with Gasteiger partial charge in [-0.25, -0.2) is 5.43 Å². The Balaban J connectivity index is 1.45. The van der Waals surface area contributed by atoms with E-state index in [-0.39, 0.29) is 22.4 Å². The number of nitro benzene ring substituents is 1. The topological polar surface area (TPSA) is 110 Å². The minimum Gasteiger partial charge on any atom is -0.272 e. The van der Waals surface area contributed by atoms with E-state index in [9.17, 15) is 14.9 Å². The van der Waals surface area contributed by atoms with Gasteiger partial charge in [-0.1, -0.05) is 70.2 Å². The van der Waals surface area contributed by atoms with Gasteiger partial charge in [0, 0.05) is 33.5 Å². The number of nitrogens with zero attached hydrogens (tertiary/aromatic N) is 4. The number of thioether (sulfide) groups is 2. The maximum Gasteiger partial charge on any atom is 0.270 e. The first-order valence-electron chi connectivity index (χ1n) is 8.50. The Hall–Kier alpha value is -2.18. The molecule has 0 atom stereocenters. The molecule has 0 aliphatic heterocycles. The molecule has 0 aliphatic rings. The van der Waals surface area contributed by atoms with Crippen molar-refractivity contribution >= 4 is 75.9 Å². The van der Waals surface area contributed by atoms with Crippen molar-refractivity contribution in [2.24, 2.45) is 5.10 Å². The Kier molecular flexibility index (Phi) is 8.67. The maximum absolute atomic E-state index is 12.0. The molecule has 0 fully saturated rings. The Bertz CT molecular complexity index is 1110. The summed E-state index contributed by atoms with van der Waals surface area (Å²) in [6.45, 7) is 0. The fraction of sp³-hybridized carbons (Fsp3) is 0.111. The molecule has 2 aromatic carbocycles. The van der Waals surface area contributed by atoms with Crippen LogP contribution in [0.25, 0.3) is 0 Å². The van der Waals surface area contributed by atoms with Gasteiger partial charge >= 0.3 is 0 Å². The second-order valence-electron chi connectivity index (χ2n) is 5.79. The van der Waals surface area contributed by atoms with Crippen molar-refractivity contribution in [2.75, 3.05) is 5.75 Å². The number of aromatic nitrogens is 2. The van der Waals surface area contributed by atoms with Crippen LogP contribution in [0.4, 0.5) is 5.69 Å². The van der Waals surface area contributed by atoms with Crippen LogP contribution in [0.1, 0.15) is 11.1 Å². The van der Waals surface area contributed by atoms with Crippen LogP contribution in [-0.2, 0) is 10.5 Å². The standard InChI is InChI=1S/C18H13Cl2N5O3S3/c19-13-3-1-11(2-4-13)9-29-17-23-24-18(31-17)30-10-16(26)22-21-8-12-7-14(25(27)28)5-6-15(12)20/h1-8H,9-10H2,(H,22,26)/b21-8+. The Morgan fingerprint density at radius 2 is 1.87 bits per heavy atom. The van der Waals surface area contributed by atoms with E-state index >= 15 is 0 Å². The molecule has 0 saturated heterocycles. The summed E-state index contributed by atoms with van der Waals surface area (Å²) in [4.78, 5) is 22.3. The number of carbonyl (C=O) groups is 1. The monoisotopic (exact) mass is 513 g/mol. The number of benzene rings is 2. The van der Waals surface area contributed by atoms with Crippen LogP contribution in [-0.4, -0.2) is 33.0 Å². The second-order valence-corrected chi connectivity index (χ2v) is 10.1. The summed E-state index contributed by atoms with van der Waals surface area (Å²) in [5, 5.41) is 23.8. The van der Waals surface area contributed by atoms with Crippen LogP contribution < -0.4 is 5.43 Å². The van der Waals surface area contributed by atoms with E-state index < -0.39 is 4.92 Å². The molecule has 0 unspecified atom stereocenters. The molecule has 3 aromatic rings. The van der Waals surface area contributed by atoms with Crippen molar-refractivity contribution < 1.29 is 9.72 Å². The van der Waals surface area contributed by atoms with Crippen LogP contribution in [0, 0.1) is 10.1 Å².